The van der Waals surface area contributed by atoms with E-state index in [4.69, 9.17) is 9.47 Å². The SMILES string of the molecule is COC(=O)c1ccc2ncn(CC(NC(=O)OC(C)(C)C)C(=O)NCCCCC(C)C)c(=O)c2c1. The van der Waals surface area contributed by atoms with Gasteiger partial charge in [-0.15, -0.1) is 0 Å². The van der Waals surface area contributed by atoms with E-state index in [1.807, 2.05) is 0 Å². The molecule has 1 aromatic carbocycles. The van der Waals surface area contributed by atoms with E-state index < -0.39 is 35.2 Å². The summed E-state index contributed by atoms with van der Waals surface area (Å²) >= 11 is 0. The first-order chi connectivity index (χ1) is 16.4. The maximum Gasteiger partial charge on any atom is 0.408 e. The maximum absolute atomic E-state index is 13.1. The molecule has 0 aliphatic heterocycles. The monoisotopic (exact) mass is 488 g/mol. The molecular weight excluding hydrogens is 452 g/mol. The third kappa shape index (κ3) is 8.70. The Balaban J connectivity index is 2.25. The van der Waals surface area contributed by atoms with Crippen molar-refractivity contribution >= 4 is 28.9 Å². The number of hydrogen-bond acceptors (Lipinski definition) is 7. The number of alkyl carbamates (subject to hydrolysis) is 1. The highest BCUT2D eigenvalue weighted by Crippen LogP contribution is 2.12. The van der Waals surface area contributed by atoms with E-state index >= 15 is 0 Å². The molecule has 2 amide bonds. The fourth-order valence-corrected chi connectivity index (χ4v) is 3.39. The minimum atomic E-state index is -1.07. The smallest absolute Gasteiger partial charge is 0.408 e. The molecule has 1 aromatic heterocycles. The number of nitrogens with zero attached hydrogens (tertiary/aromatic N) is 2. The summed E-state index contributed by atoms with van der Waals surface area (Å²) in [6.07, 6.45) is 3.37. The number of fused-ring (bicyclic) bond motifs is 1. The van der Waals surface area contributed by atoms with E-state index in [1.165, 1.54) is 30.1 Å². The molecule has 0 fully saturated rings. The zero-order valence-electron chi connectivity index (χ0n) is 21.3. The number of esters is 1. The van der Waals surface area contributed by atoms with Gasteiger partial charge in [0, 0.05) is 6.54 Å². The average molecular weight is 489 g/mol. The predicted molar refractivity (Wildman–Crippen MR) is 132 cm³/mol. The van der Waals surface area contributed by atoms with Gasteiger partial charge in [0.25, 0.3) is 5.56 Å². The number of hydrogen-bond donors (Lipinski definition) is 2. The molecule has 0 bridgehead atoms. The summed E-state index contributed by atoms with van der Waals surface area (Å²) in [7, 11) is 1.25. The first-order valence-corrected chi connectivity index (χ1v) is 11.8. The topological polar surface area (TPSA) is 129 Å². The highest BCUT2D eigenvalue weighted by Gasteiger charge is 2.25. The number of carbonyl (C=O) groups excluding carboxylic acids is 3. The van der Waals surface area contributed by atoms with Crippen molar-refractivity contribution < 1.29 is 23.9 Å². The Hall–Kier alpha value is -3.43. The second-order valence-corrected chi connectivity index (χ2v) is 9.81. The molecule has 10 nitrogen and oxygen atoms in total. The van der Waals surface area contributed by atoms with Crippen LogP contribution in [0.3, 0.4) is 0 Å². The molecule has 1 heterocycles. The molecular formula is C25H36N4O6. The molecule has 2 N–H and O–H groups in total. The van der Waals surface area contributed by atoms with Gasteiger partial charge < -0.3 is 20.1 Å². The highest BCUT2D eigenvalue weighted by molar-refractivity contribution is 5.94. The number of rotatable bonds is 10. The first-order valence-electron chi connectivity index (χ1n) is 11.8. The molecule has 192 valence electrons. The number of ether oxygens (including phenoxy) is 2. The van der Waals surface area contributed by atoms with Gasteiger partial charge in [0.2, 0.25) is 5.91 Å². The van der Waals surface area contributed by atoms with E-state index in [0.717, 1.165) is 19.3 Å². The van der Waals surface area contributed by atoms with Crippen molar-refractivity contribution in [3.05, 3.63) is 40.4 Å². The zero-order valence-corrected chi connectivity index (χ0v) is 21.3. The summed E-state index contributed by atoms with van der Waals surface area (Å²) in [5.74, 6) is -0.432. The summed E-state index contributed by atoms with van der Waals surface area (Å²) in [5, 5.41) is 5.58. The van der Waals surface area contributed by atoms with Crippen molar-refractivity contribution in [1.29, 1.82) is 0 Å². The predicted octanol–water partition coefficient (Wildman–Crippen LogP) is 3.02. The van der Waals surface area contributed by atoms with Crippen LogP contribution in [-0.2, 0) is 20.8 Å². The summed E-state index contributed by atoms with van der Waals surface area (Å²) < 4.78 is 11.2. The molecule has 1 unspecified atom stereocenters. The van der Waals surface area contributed by atoms with Gasteiger partial charge in [-0.25, -0.2) is 14.6 Å². The maximum atomic E-state index is 13.1. The second kappa shape index (κ2) is 12.3. The Morgan fingerprint density at radius 2 is 1.86 bits per heavy atom. The van der Waals surface area contributed by atoms with E-state index in [2.05, 4.69) is 29.5 Å². The van der Waals surface area contributed by atoms with E-state index in [0.29, 0.717) is 18.0 Å². The van der Waals surface area contributed by atoms with Gasteiger partial charge in [-0.2, -0.15) is 0 Å². The van der Waals surface area contributed by atoms with E-state index in [9.17, 15) is 19.2 Å². The van der Waals surface area contributed by atoms with Crippen LogP contribution < -0.4 is 16.2 Å². The van der Waals surface area contributed by atoms with Crippen LogP contribution in [0.15, 0.2) is 29.3 Å². The molecule has 1 atom stereocenters. The normalized spacial score (nSPS) is 12.3. The first kappa shape index (κ1) is 27.8. The van der Waals surface area contributed by atoms with Gasteiger partial charge >= 0.3 is 12.1 Å². The van der Waals surface area contributed by atoms with Crippen LogP contribution in [0.1, 0.15) is 64.2 Å². The lowest BCUT2D eigenvalue weighted by Gasteiger charge is -2.23. The number of unbranched alkanes of at least 4 members (excludes halogenated alkanes) is 1. The number of nitrogens with one attached hydrogen (secondary N) is 2. The molecule has 0 saturated heterocycles. The third-order valence-corrected chi connectivity index (χ3v) is 5.14. The summed E-state index contributed by atoms with van der Waals surface area (Å²) in [6.45, 7) is 9.71. The van der Waals surface area contributed by atoms with Crippen molar-refractivity contribution in [3.8, 4) is 0 Å². The lowest BCUT2D eigenvalue weighted by Crippen LogP contribution is -2.51. The molecule has 0 saturated carbocycles. The highest BCUT2D eigenvalue weighted by atomic mass is 16.6. The summed E-state index contributed by atoms with van der Waals surface area (Å²) in [4.78, 5) is 54.6. The number of benzene rings is 1. The van der Waals surface area contributed by atoms with Crippen molar-refractivity contribution in [1.82, 2.24) is 20.2 Å². The zero-order chi connectivity index (χ0) is 26.2. The standard InChI is InChI=1S/C25H36N4O6/c1-16(2)9-7-8-12-26-21(30)20(28-24(33)35-25(3,4)5)14-29-15-27-19-11-10-17(23(32)34-6)13-18(19)22(29)31/h10-11,13,15-16,20H,7-9,12,14H2,1-6H3,(H,26,30)(H,28,33). The molecule has 0 radical (unpaired) electrons. The fraction of sp³-hybridized carbons (Fsp3) is 0.560. The molecule has 0 spiro atoms. The van der Waals surface area contributed by atoms with Crippen LogP contribution in [0, 0.1) is 5.92 Å². The van der Waals surface area contributed by atoms with Crippen LogP contribution in [0.25, 0.3) is 10.9 Å². The average Bonchev–Trinajstić information content (AvgIpc) is 2.77. The Labute approximate surface area is 205 Å². The summed E-state index contributed by atoms with van der Waals surface area (Å²) in [6, 6.07) is 3.40. The van der Waals surface area contributed by atoms with E-state index in [-0.39, 0.29) is 17.5 Å². The third-order valence-electron chi connectivity index (χ3n) is 5.14. The van der Waals surface area contributed by atoms with Crippen LogP contribution in [0.2, 0.25) is 0 Å². The lowest BCUT2D eigenvalue weighted by molar-refractivity contribution is -0.123. The molecule has 0 aliphatic rings. The van der Waals surface area contributed by atoms with Gasteiger partial charge in [0.15, 0.2) is 0 Å². The Morgan fingerprint density at radius 3 is 2.49 bits per heavy atom. The van der Waals surface area contributed by atoms with Crippen LogP contribution >= 0.6 is 0 Å². The van der Waals surface area contributed by atoms with Gasteiger partial charge in [-0.1, -0.05) is 26.7 Å². The molecule has 0 aliphatic carbocycles. The Kier molecular flexibility index (Phi) is 9.79. The van der Waals surface area contributed by atoms with Crippen LogP contribution in [0.5, 0.6) is 0 Å². The van der Waals surface area contributed by atoms with Crippen molar-refractivity contribution in [2.75, 3.05) is 13.7 Å². The number of amides is 2. The minimum absolute atomic E-state index is 0.165. The second-order valence-electron chi connectivity index (χ2n) is 9.81. The molecule has 10 heteroatoms. The number of carbonyl (C=O) groups is 3. The van der Waals surface area contributed by atoms with Crippen LogP contribution in [-0.4, -0.2) is 52.8 Å². The Morgan fingerprint density at radius 1 is 1.14 bits per heavy atom. The van der Waals surface area contributed by atoms with Crippen molar-refractivity contribution in [3.63, 3.8) is 0 Å². The lowest BCUT2D eigenvalue weighted by atomic mass is 10.1. The van der Waals surface area contributed by atoms with E-state index in [1.54, 1.807) is 26.8 Å². The molecule has 35 heavy (non-hydrogen) atoms. The van der Waals surface area contributed by atoms with Gasteiger partial charge in [0.05, 0.1) is 36.4 Å². The number of aromatic nitrogens is 2. The fourth-order valence-electron chi connectivity index (χ4n) is 3.39. The van der Waals surface area contributed by atoms with Gasteiger partial charge in [-0.05, 0) is 51.3 Å². The summed E-state index contributed by atoms with van der Waals surface area (Å²) in [5.41, 5.74) is -0.612. The number of methoxy groups -OCH3 is 1. The quantitative estimate of drug-likeness (QED) is 0.388. The van der Waals surface area contributed by atoms with Crippen LogP contribution in [0.4, 0.5) is 4.79 Å². The largest absolute Gasteiger partial charge is 0.465 e. The minimum Gasteiger partial charge on any atom is -0.465 e. The Bertz CT molecular complexity index is 1100. The molecule has 2 aromatic rings. The van der Waals surface area contributed by atoms with Crippen molar-refractivity contribution in [2.24, 2.45) is 5.92 Å². The van der Waals surface area contributed by atoms with Gasteiger partial charge in [0.1, 0.15) is 11.6 Å². The van der Waals surface area contributed by atoms with Gasteiger partial charge in [-0.3, -0.25) is 14.2 Å². The molecule has 2 rings (SSSR count). The van der Waals surface area contributed by atoms with Crippen molar-refractivity contribution in [2.45, 2.75) is 72.1 Å².